The molecule has 17 heavy (non-hydrogen) atoms. The van der Waals surface area contributed by atoms with Crippen molar-refractivity contribution in [3.8, 4) is 5.75 Å². The quantitative estimate of drug-likeness (QED) is 0.843. The first-order valence-corrected chi connectivity index (χ1v) is 6.12. The summed E-state index contributed by atoms with van der Waals surface area (Å²) < 4.78 is 6.09. The molecule has 4 heteroatoms. The molecule has 0 unspecified atom stereocenters. The standard InChI is InChI=1S/C13H10INO2/c14-11-8-4-5-9-12(11)15-13(16)17-10-6-2-1-3-7-10/h1-9H,(H,15,16). The van der Waals surface area contributed by atoms with Crippen molar-refractivity contribution in [2.75, 3.05) is 5.32 Å². The van der Waals surface area contributed by atoms with Crippen LogP contribution in [0.2, 0.25) is 0 Å². The van der Waals surface area contributed by atoms with E-state index in [-0.39, 0.29) is 0 Å². The average Bonchev–Trinajstić information content (AvgIpc) is 2.33. The fraction of sp³-hybridized carbons (Fsp3) is 0. The Morgan fingerprint density at radius 2 is 1.65 bits per heavy atom. The van der Waals surface area contributed by atoms with Gasteiger partial charge in [-0.15, -0.1) is 0 Å². The lowest BCUT2D eigenvalue weighted by Crippen LogP contribution is -2.17. The topological polar surface area (TPSA) is 38.3 Å². The zero-order chi connectivity index (χ0) is 12.1. The number of carbonyl (C=O) groups is 1. The van der Waals surface area contributed by atoms with Crippen molar-refractivity contribution >= 4 is 34.4 Å². The molecule has 0 aromatic heterocycles. The van der Waals surface area contributed by atoms with Gasteiger partial charge in [0.2, 0.25) is 0 Å². The van der Waals surface area contributed by atoms with Crippen molar-refractivity contribution in [3.05, 3.63) is 58.2 Å². The van der Waals surface area contributed by atoms with Crippen LogP contribution in [0.3, 0.4) is 0 Å². The number of amides is 1. The van der Waals surface area contributed by atoms with Gasteiger partial charge >= 0.3 is 6.09 Å². The number of halogens is 1. The van der Waals surface area contributed by atoms with Crippen LogP contribution in [0.1, 0.15) is 0 Å². The lowest BCUT2D eigenvalue weighted by Gasteiger charge is -2.07. The third-order valence-electron chi connectivity index (χ3n) is 2.06. The van der Waals surface area contributed by atoms with Crippen LogP contribution >= 0.6 is 22.6 Å². The van der Waals surface area contributed by atoms with Gasteiger partial charge in [-0.2, -0.15) is 0 Å². The molecule has 0 aliphatic carbocycles. The van der Waals surface area contributed by atoms with Crippen LogP contribution in [0.25, 0.3) is 0 Å². The van der Waals surface area contributed by atoms with Crippen LogP contribution in [0, 0.1) is 3.57 Å². The monoisotopic (exact) mass is 339 g/mol. The maximum absolute atomic E-state index is 11.6. The molecular weight excluding hydrogens is 329 g/mol. The zero-order valence-electron chi connectivity index (χ0n) is 8.89. The summed E-state index contributed by atoms with van der Waals surface area (Å²) in [5.41, 5.74) is 0.744. The summed E-state index contributed by atoms with van der Waals surface area (Å²) in [6.45, 7) is 0. The van der Waals surface area contributed by atoms with E-state index in [4.69, 9.17) is 4.74 Å². The van der Waals surface area contributed by atoms with Crippen molar-refractivity contribution in [1.29, 1.82) is 0 Å². The Balaban J connectivity index is 2.01. The molecule has 1 N–H and O–H groups in total. The van der Waals surface area contributed by atoms with Gasteiger partial charge < -0.3 is 4.74 Å². The van der Waals surface area contributed by atoms with Gasteiger partial charge in [0.25, 0.3) is 0 Å². The molecule has 0 saturated heterocycles. The average molecular weight is 339 g/mol. The van der Waals surface area contributed by atoms with Gasteiger partial charge in [0.1, 0.15) is 5.75 Å². The van der Waals surface area contributed by atoms with Crippen molar-refractivity contribution < 1.29 is 9.53 Å². The highest BCUT2D eigenvalue weighted by atomic mass is 127. The fourth-order valence-electron chi connectivity index (χ4n) is 1.29. The van der Waals surface area contributed by atoms with Crippen LogP contribution in [0.5, 0.6) is 5.75 Å². The summed E-state index contributed by atoms with van der Waals surface area (Å²) in [5, 5.41) is 2.69. The smallest absolute Gasteiger partial charge is 0.410 e. The van der Waals surface area contributed by atoms with E-state index in [1.54, 1.807) is 12.1 Å². The third-order valence-corrected chi connectivity index (χ3v) is 3.01. The van der Waals surface area contributed by atoms with Crippen molar-refractivity contribution in [2.24, 2.45) is 0 Å². The molecule has 0 heterocycles. The molecule has 3 nitrogen and oxygen atoms in total. The van der Waals surface area contributed by atoms with Crippen LogP contribution < -0.4 is 10.1 Å². The number of ether oxygens (including phenoxy) is 1. The molecule has 86 valence electrons. The third kappa shape index (κ3) is 3.45. The zero-order valence-corrected chi connectivity index (χ0v) is 11.0. The minimum atomic E-state index is -0.486. The number of anilines is 1. The molecule has 0 fully saturated rings. The molecule has 0 radical (unpaired) electrons. The largest absolute Gasteiger partial charge is 0.417 e. The summed E-state index contributed by atoms with van der Waals surface area (Å²) in [5.74, 6) is 0.524. The molecule has 0 saturated carbocycles. The van der Waals surface area contributed by atoms with Crippen LogP contribution in [0.15, 0.2) is 54.6 Å². The number of hydrogen-bond donors (Lipinski definition) is 1. The van der Waals surface area contributed by atoms with E-state index in [1.807, 2.05) is 42.5 Å². The van der Waals surface area contributed by atoms with Gasteiger partial charge in [-0.1, -0.05) is 30.3 Å². The maximum atomic E-state index is 11.6. The summed E-state index contributed by atoms with van der Waals surface area (Å²) in [4.78, 5) is 11.6. The predicted octanol–water partition coefficient (Wildman–Crippen LogP) is 3.90. The van der Waals surface area contributed by atoms with Crippen LogP contribution in [-0.2, 0) is 0 Å². The Bertz CT molecular complexity index is 514. The minimum absolute atomic E-state index is 0.486. The molecule has 0 aliphatic rings. The van der Waals surface area contributed by atoms with E-state index in [2.05, 4.69) is 27.9 Å². The maximum Gasteiger partial charge on any atom is 0.417 e. The normalized spacial score (nSPS) is 9.71. The first-order valence-electron chi connectivity index (χ1n) is 5.04. The van der Waals surface area contributed by atoms with Gasteiger partial charge in [0, 0.05) is 3.57 Å². The van der Waals surface area contributed by atoms with Gasteiger partial charge in [0.15, 0.2) is 0 Å². The van der Waals surface area contributed by atoms with Crippen LogP contribution in [-0.4, -0.2) is 6.09 Å². The molecule has 2 aromatic rings. The minimum Gasteiger partial charge on any atom is -0.410 e. The summed E-state index contributed by atoms with van der Waals surface area (Å²) in [6, 6.07) is 16.5. The van der Waals surface area contributed by atoms with E-state index in [0.29, 0.717) is 5.75 Å². The lowest BCUT2D eigenvalue weighted by molar-refractivity contribution is 0.215. The number of para-hydroxylation sites is 2. The van der Waals surface area contributed by atoms with Gasteiger partial charge in [-0.25, -0.2) is 4.79 Å². The molecule has 2 rings (SSSR count). The Labute approximate surface area is 113 Å². The molecule has 0 bridgehead atoms. The second kappa shape index (κ2) is 5.67. The van der Waals surface area contributed by atoms with E-state index < -0.39 is 6.09 Å². The highest BCUT2D eigenvalue weighted by Crippen LogP contribution is 2.17. The van der Waals surface area contributed by atoms with E-state index in [1.165, 1.54) is 0 Å². The number of hydrogen-bond acceptors (Lipinski definition) is 2. The number of carbonyl (C=O) groups excluding carboxylic acids is 1. The van der Waals surface area contributed by atoms with Crippen LogP contribution in [0.4, 0.5) is 10.5 Å². The van der Waals surface area contributed by atoms with Gasteiger partial charge in [-0.05, 0) is 46.9 Å². The number of nitrogens with one attached hydrogen (secondary N) is 1. The fourth-order valence-corrected chi connectivity index (χ4v) is 1.82. The van der Waals surface area contributed by atoms with Gasteiger partial charge in [-0.3, -0.25) is 5.32 Å². The first-order chi connectivity index (χ1) is 8.25. The predicted molar refractivity (Wildman–Crippen MR) is 75.2 cm³/mol. The number of rotatable bonds is 2. The highest BCUT2D eigenvalue weighted by molar-refractivity contribution is 14.1. The molecule has 0 atom stereocenters. The van der Waals surface area contributed by atoms with E-state index in [9.17, 15) is 4.79 Å². The molecule has 0 aliphatic heterocycles. The first kappa shape index (κ1) is 11.9. The Morgan fingerprint density at radius 3 is 2.35 bits per heavy atom. The molecule has 1 amide bonds. The van der Waals surface area contributed by atoms with E-state index >= 15 is 0 Å². The Morgan fingerprint density at radius 1 is 1.00 bits per heavy atom. The lowest BCUT2D eigenvalue weighted by atomic mass is 10.3. The van der Waals surface area contributed by atoms with Crippen molar-refractivity contribution in [1.82, 2.24) is 0 Å². The molecule has 0 spiro atoms. The summed E-state index contributed by atoms with van der Waals surface area (Å²) >= 11 is 2.15. The Hall–Kier alpha value is -1.56. The summed E-state index contributed by atoms with van der Waals surface area (Å²) in [6.07, 6.45) is -0.486. The second-order valence-corrected chi connectivity index (χ2v) is 4.47. The number of benzene rings is 2. The molecular formula is C13H10INO2. The van der Waals surface area contributed by atoms with E-state index in [0.717, 1.165) is 9.26 Å². The van der Waals surface area contributed by atoms with Gasteiger partial charge in [0.05, 0.1) is 5.69 Å². The van der Waals surface area contributed by atoms with Crippen molar-refractivity contribution in [3.63, 3.8) is 0 Å². The molecule has 2 aromatic carbocycles. The SMILES string of the molecule is O=C(Nc1ccccc1I)Oc1ccccc1. The summed E-state index contributed by atoms with van der Waals surface area (Å²) in [7, 11) is 0. The highest BCUT2D eigenvalue weighted by Gasteiger charge is 2.06. The Kier molecular flexibility index (Phi) is 3.98. The van der Waals surface area contributed by atoms with Crippen molar-refractivity contribution in [2.45, 2.75) is 0 Å². The second-order valence-electron chi connectivity index (χ2n) is 3.31.